The molecule has 190 valence electrons. The molecule has 1 aliphatic rings. The van der Waals surface area contributed by atoms with Gasteiger partial charge in [-0.05, 0) is 40.5 Å². The van der Waals surface area contributed by atoms with Crippen molar-refractivity contribution in [3.63, 3.8) is 0 Å². The number of aromatic amines is 1. The molecule has 0 unspecified atom stereocenters. The van der Waals surface area contributed by atoms with Crippen molar-refractivity contribution in [1.82, 2.24) is 9.55 Å². The summed E-state index contributed by atoms with van der Waals surface area (Å²) in [4.78, 5) is 50.9. The first-order valence-corrected chi connectivity index (χ1v) is 11.8. The third kappa shape index (κ3) is 4.64. The molecule has 0 saturated heterocycles. The van der Waals surface area contributed by atoms with Crippen LogP contribution in [0.5, 0.6) is 5.75 Å². The van der Waals surface area contributed by atoms with Crippen LogP contribution in [0.15, 0.2) is 82.5 Å². The van der Waals surface area contributed by atoms with Crippen molar-refractivity contribution < 1.29 is 24.5 Å². The number of ether oxygens (including phenoxy) is 1. The monoisotopic (exact) mass is 510 g/mol. The van der Waals surface area contributed by atoms with Gasteiger partial charge in [-0.3, -0.25) is 14.3 Å². The number of aromatic carboxylic acids is 2. The highest BCUT2D eigenvalue weighted by atomic mass is 16.5. The fraction of sp³-hybridized carbons (Fsp3) is 0.103. The normalized spacial score (nSPS) is 12.3. The number of carbonyl (C=O) groups is 2. The van der Waals surface area contributed by atoms with Gasteiger partial charge in [0.1, 0.15) is 17.9 Å². The van der Waals surface area contributed by atoms with Crippen molar-refractivity contribution in [3.05, 3.63) is 133 Å². The van der Waals surface area contributed by atoms with E-state index >= 15 is 0 Å². The molecule has 0 amide bonds. The van der Waals surface area contributed by atoms with Gasteiger partial charge in [-0.1, -0.05) is 60.7 Å². The summed E-state index contributed by atoms with van der Waals surface area (Å²) in [5.41, 5.74) is 2.52. The molecular formula is C29H22N2O7. The summed E-state index contributed by atoms with van der Waals surface area (Å²) in [6.07, 6.45) is 5.52. The fourth-order valence-corrected chi connectivity index (χ4v) is 4.64. The zero-order valence-electron chi connectivity index (χ0n) is 20.0. The Kier molecular flexibility index (Phi) is 6.49. The molecule has 4 aromatic rings. The minimum Gasteiger partial charge on any atom is -0.491 e. The Bertz CT molecular complexity index is 1670. The second-order valence-electron chi connectivity index (χ2n) is 8.73. The van der Waals surface area contributed by atoms with Gasteiger partial charge in [0.2, 0.25) is 0 Å². The van der Waals surface area contributed by atoms with Crippen LogP contribution in [-0.4, -0.2) is 38.3 Å². The maximum atomic E-state index is 13.1. The molecule has 5 rings (SSSR count). The molecule has 1 aromatic heterocycles. The van der Waals surface area contributed by atoms with Crippen molar-refractivity contribution in [2.45, 2.75) is 12.5 Å². The van der Waals surface area contributed by atoms with Crippen molar-refractivity contribution in [2.75, 3.05) is 6.61 Å². The summed E-state index contributed by atoms with van der Waals surface area (Å²) in [7, 11) is 0. The number of carboxylic acids is 2. The molecule has 1 heterocycles. The van der Waals surface area contributed by atoms with Gasteiger partial charge in [0.25, 0.3) is 5.56 Å². The zero-order valence-corrected chi connectivity index (χ0v) is 20.0. The number of rotatable bonds is 7. The number of hydrogen-bond donors (Lipinski definition) is 3. The van der Waals surface area contributed by atoms with Crippen LogP contribution in [0.2, 0.25) is 0 Å². The van der Waals surface area contributed by atoms with E-state index in [1.807, 2.05) is 60.7 Å². The van der Waals surface area contributed by atoms with Crippen LogP contribution >= 0.6 is 0 Å². The summed E-state index contributed by atoms with van der Waals surface area (Å²) in [6.45, 7) is -0.0892. The van der Waals surface area contributed by atoms with Crippen LogP contribution in [0.4, 0.5) is 0 Å². The third-order valence-corrected chi connectivity index (χ3v) is 6.45. The topological polar surface area (TPSA) is 139 Å². The lowest BCUT2D eigenvalue weighted by Gasteiger charge is -2.21. The molecule has 38 heavy (non-hydrogen) atoms. The Morgan fingerprint density at radius 2 is 1.47 bits per heavy atom. The Morgan fingerprint density at radius 3 is 2.08 bits per heavy atom. The second kappa shape index (κ2) is 10.1. The van der Waals surface area contributed by atoms with Crippen molar-refractivity contribution in [1.29, 1.82) is 0 Å². The molecule has 3 aromatic carbocycles. The maximum absolute atomic E-state index is 13.1. The van der Waals surface area contributed by atoms with Crippen LogP contribution < -0.4 is 16.0 Å². The van der Waals surface area contributed by atoms with Gasteiger partial charge in [0.15, 0.2) is 0 Å². The van der Waals surface area contributed by atoms with E-state index in [-0.39, 0.29) is 30.0 Å². The molecule has 3 N–H and O–H groups in total. The molecule has 0 radical (unpaired) electrons. The largest absolute Gasteiger partial charge is 0.491 e. The summed E-state index contributed by atoms with van der Waals surface area (Å²) < 4.78 is 6.92. The van der Waals surface area contributed by atoms with Crippen LogP contribution in [0, 0.1) is 0 Å². The van der Waals surface area contributed by atoms with Gasteiger partial charge >= 0.3 is 17.6 Å². The van der Waals surface area contributed by atoms with Crippen LogP contribution in [0.1, 0.15) is 54.5 Å². The van der Waals surface area contributed by atoms with Gasteiger partial charge in [-0.25, -0.2) is 14.4 Å². The molecule has 0 aliphatic heterocycles. The first-order chi connectivity index (χ1) is 18.3. The second-order valence-corrected chi connectivity index (χ2v) is 8.73. The van der Waals surface area contributed by atoms with Crippen molar-refractivity contribution >= 4 is 24.1 Å². The lowest BCUT2D eigenvalue weighted by atomic mass is 9.83. The van der Waals surface area contributed by atoms with Gasteiger partial charge in [-0.2, -0.15) is 0 Å². The molecule has 0 fully saturated rings. The van der Waals surface area contributed by atoms with E-state index in [9.17, 15) is 24.3 Å². The number of hydrogen-bond acceptors (Lipinski definition) is 5. The molecule has 0 spiro atoms. The highest BCUT2D eigenvalue weighted by Gasteiger charge is 2.26. The summed E-state index contributed by atoms with van der Waals surface area (Å²) in [5, 5.41) is 18.6. The summed E-state index contributed by atoms with van der Waals surface area (Å²) in [6, 6.07) is 19.0. The van der Waals surface area contributed by atoms with E-state index in [1.54, 1.807) is 0 Å². The quantitative estimate of drug-likeness (QED) is 0.304. The number of nitrogens with one attached hydrogen (secondary N) is 1. The number of nitrogens with zero attached hydrogens (tertiary/aromatic N) is 1. The Balaban J connectivity index is 1.49. The SMILES string of the molecule is O=C(O)c1ccc(OCCn2cc(C3c4ccccc4C=Cc4ccccc43)c(=O)[nH]c2=O)c(C(=O)O)c1. The molecule has 0 saturated carbocycles. The first kappa shape index (κ1) is 24.5. The molecule has 9 heteroatoms. The molecular weight excluding hydrogens is 488 g/mol. The lowest BCUT2D eigenvalue weighted by molar-refractivity contribution is 0.0692. The summed E-state index contributed by atoms with van der Waals surface area (Å²) >= 11 is 0. The Hall–Kier alpha value is -5.18. The minimum atomic E-state index is -1.34. The van der Waals surface area contributed by atoms with Gasteiger partial charge < -0.3 is 14.9 Å². The molecule has 1 aliphatic carbocycles. The highest BCUT2D eigenvalue weighted by Crippen LogP contribution is 2.37. The number of carboxylic acid groups (broad SMARTS) is 2. The first-order valence-electron chi connectivity index (χ1n) is 11.8. The van der Waals surface area contributed by atoms with E-state index in [0.717, 1.165) is 28.3 Å². The van der Waals surface area contributed by atoms with Crippen LogP contribution in [-0.2, 0) is 6.54 Å². The standard InChI is InChI=1S/C29H22N2O7/c32-26-23(25-20-7-3-1-5-17(20)9-10-18-6-2-4-8-21(18)25)16-31(29(37)30-26)13-14-38-24-12-11-19(27(33)34)15-22(24)28(35)36/h1-12,15-16,25H,13-14H2,(H,33,34)(H,35,36)(H,30,32,37). The smallest absolute Gasteiger partial charge is 0.339 e. The molecule has 9 nitrogen and oxygen atoms in total. The van der Waals surface area contributed by atoms with E-state index in [4.69, 9.17) is 9.84 Å². The zero-order chi connectivity index (χ0) is 26.8. The molecule has 0 atom stereocenters. The van der Waals surface area contributed by atoms with Crippen molar-refractivity contribution in [2.24, 2.45) is 0 Å². The van der Waals surface area contributed by atoms with Crippen LogP contribution in [0.3, 0.4) is 0 Å². The molecule has 0 bridgehead atoms. The maximum Gasteiger partial charge on any atom is 0.339 e. The average molecular weight is 511 g/mol. The van der Waals surface area contributed by atoms with E-state index < -0.39 is 29.1 Å². The fourth-order valence-electron chi connectivity index (χ4n) is 4.64. The average Bonchev–Trinajstić information content (AvgIpc) is 3.07. The predicted molar refractivity (Wildman–Crippen MR) is 140 cm³/mol. The number of aromatic nitrogens is 2. The van der Waals surface area contributed by atoms with Gasteiger partial charge in [0.05, 0.1) is 12.1 Å². The Labute approximate surface area is 215 Å². The number of fused-ring (bicyclic) bond motifs is 2. The van der Waals surface area contributed by atoms with Crippen LogP contribution in [0.25, 0.3) is 12.2 Å². The summed E-state index contributed by atoms with van der Waals surface area (Å²) in [5.74, 6) is -3.07. The minimum absolute atomic E-state index is 0.0105. The predicted octanol–water partition coefficient (Wildman–Crippen LogP) is 3.68. The van der Waals surface area contributed by atoms with Crippen molar-refractivity contribution in [3.8, 4) is 5.75 Å². The van der Waals surface area contributed by atoms with Gasteiger partial charge in [0, 0.05) is 17.7 Å². The van der Waals surface area contributed by atoms with E-state index in [2.05, 4.69) is 4.98 Å². The number of H-pyrrole nitrogens is 1. The Morgan fingerprint density at radius 1 is 0.842 bits per heavy atom. The van der Waals surface area contributed by atoms with E-state index in [0.29, 0.717) is 5.56 Å². The number of benzene rings is 3. The van der Waals surface area contributed by atoms with E-state index in [1.165, 1.54) is 22.9 Å². The highest BCUT2D eigenvalue weighted by molar-refractivity contribution is 5.95. The lowest BCUT2D eigenvalue weighted by Crippen LogP contribution is -2.34. The van der Waals surface area contributed by atoms with Gasteiger partial charge in [-0.15, -0.1) is 0 Å². The third-order valence-electron chi connectivity index (χ3n) is 6.45.